The van der Waals surface area contributed by atoms with E-state index in [1.54, 1.807) is 24.3 Å². The number of hydrogen-bond donors (Lipinski definition) is 1. The minimum absolute atomic E-state index is 0.0115. The molecule has 2 N–H and O–H groups in total. The van der Waals surface area contributed by atoms with E-state index in [2.05, 4.69) is 0 Å². The topological polar surface area (TPSA) is 72.6 Å². The van der Waals surface area contributed by atoms with Gasteiger partial charge in [0.05, 0.1) is 19.0 Å². The average Bonchev–Trinajstić information content (AvgIpc) is 2.28. The highest BCUT2D eigenvalue weighted by Crippen LogP contribution is 2.17. The molecule has 0 unspecified atom stereocenters. The van der Waals surface area contributed by atoms with Crippen molar-refractivity contribution in [1.82, 2.24) is 4.31 Å². The lowest BCUT2D eigenvalue weighted by molar-refractivity contribution is 0.0392. The summed E-state index contributed by atoms with van der Waals surface area (Å²) in [7, 11) is -3.30. The summed E-state index contributed by atoms with van der Waals surface area (Å²) in [6, 6.07) is 6.88. The zero-order valence-electron chi connectivity index (χ0n) is 10.4. The Labute approximate surface area is 108 Å². The first-order valence-electron chi connectivity index (χ1n) is 5.91. The van der Waals surface area contributed by atoms with Gasteiger partial charge in [0.15, 0.2) is 0 Å². The summed E-state index contributed by atoms with van der Waals surface area (Å²) in [5, 5.41) is 0. The van der Waals surface area contributed by atoms with Crippen LogP contribution in [-0.4, -0.2) is 38.5 Å². The minimum Gasteiger partial charge on any atom is -0.399 e. The lowest BCUT2D eigenvalue weighted by Gasteiger charge is -2.32. The van der Waals surface area contributed by atoms with Crippen LogP contribution in [-0.2, 0) is 20.5 Å². The second-order valence-electron chi connectivity index (χ2n) is 4.54. The van der Waals surface area contributed by atoms with E-state index in [1.807, 2.05) is 6.92 Å². The van der Waals surface area contributed by atoms with Crippen LogP contribution >= 0.6 is 0 Å². The van der Waals surface area contributed by atoms with Gasteiger partial charge in [-0.1, -0.05) is 12.1 Å². The minimum atomic E-state index is -3.30. The fraction of sp³-hybridized carbons (Fsp3) is 0.500. The van der Waals surface area contributed by atoms with E-state index < -0.39 is 10.0 Å². The molecule has 2 rings (SSSR count). The molecule has 0 amide bonds. The Hall–Kier alpha value is -1.11. The molecule has 1 fully saturated rings. The van der Waals surface area contributed by atoms with Crippen molar-refractivity contribution in [1.29, 1.82) is 0 Å². The highest BCUT2D eigenvalue weighted by atomic mass is 32.2. The molecule has 6 heteroatoms. The molecule has 1 atom stereocenters. The highest BCUT2D eigenvalue weighted by molar-refractivity contribution is 7.88. The number of nitrogens with zero attached hydrogens (tertiary/aromatic N) is 1. The Kier molecular flexibility index (Phi) is 3.89. The molecule has 1 saturated heterocycles. The average molecular weight is 270 g/mol. The fourth-order valence-electron chi connectivity index (χ4n) is 2.10. The third-order valence-corrected chi connectivity index (χ3v) is 4.92. The Balaban J connectivity index is 2.16. The van der Waals surface area contributed by atoms with Gasteiger partial charge < -0.3 is 10.5 Å². The van der Waals surface area contributed by atoms with Crippen LogP contribution in [0.25, 0.3) is 0 Å². The Bertz CT molecular complexity index is 516. The molecule has 5 nitrogen and oxygen atoms in total. The van der Waals surface area contributed by atoms with Crippen molar-refractivity contribution < 1.29 is 13.2 Å². The van der Waals surface area contributed by atoms with E-state index in [1.165, 1.54) is 4.31 Å². The normalized spacial score (nSPS) is 21.9. The number of sulfonamides is 1. The van der Waals surface area contributed by atoms with Crippen molar-refractivity contribution in [3.63, 3.8) is 0 Å². The van der Waals surface area contributed by atoms with Crippen molar-refractivity contribution in [2.24, 2.45) is 0 Å². The van der Waals surface area contributed by atoms with Crippen LogP contribution in [0.3, 0.4) is 0 Å². The predicted molar refractivity (Wildman–Crippen MR) is 70.5 cm³/mol. The van der Waals surface area contributed by atoms with Gasteiger partial charge in [0, 0.05) is 18.3 Å². The molecular weight excluding hydrogens is 252 g/mol. The number of morpholine rings is 1. The predicted octanol–water partition coefficient (Wildman–Crippen LogP) is 0.819. The zero-order chi connectivity index (χ0) is 13.2. The number of anilines is 1. The van der Waals surface area contributed by atoms with Gasteiger partial charge in [0.25, 0.3) is 0 Å². The van der Waals surface area contributed by atoms with E-state index in [0.717, 1.165) is 0 Å². The first kappa shape index (κ1) is 13.3. The first-order valence-corrected chi connectivity index (χ1v) is 7.51. The lowest BCUT2D eigenvalue weighted by Crippen LogP contribution is -2.47. The summed E-state index contributed by atoms with van der Waals surface area (Å²) in [4.78, 5) is 0. The number of nitrogens with two attached hydrogens (primary N) is 1. The Morgan fingerprint density at radius 2 is 2.28 bits per heavy atom. The van der Waals surface area contributed by atoms with E-state index >= 15 is 0 Å². The van der Waals surface area contributed by atoms with Gasteiger partial charge in [0.2, 0.25) is 10.0 Å². The molecule has 0 bridgehead atoms. The van der Waals surface area contributed by atoms with Crippen LogP contribution in [0.15, 0.2) is 24.3 Å². The summed E-state index contributed by atoms with van der Waals surface area (Å²) in [5.41, 5.74) is 6.95. The maximum atomic E-state index is 12.3. The van der Waals surface area contributed by atoms with Gasteiger partial charge in [-0.05, 0) is 24.6 Å². The van der Waals surface area contributed by atoms with E-state index in [9.17, 15) is 8.42 Å². The monoisotopic (exact) mass is 270 g/mol. The molecule has 0 aliphatic carbocycles. The molecule has 0 spiro atoms. The number of rotatable bonds is 3. The Morgan fingerprint density at radius 3 is 2.94 bits per heavy atom. The zero-order valence-corrected chi connectivity index (χ0v) is 11.2. The highest BCUT2D eigenvalue weighted by Gasteiger charge is 2.29. The van der Waals surface area contributed by atoms with Gasteiger partial charge in [-0.2, -0.15) is 4.31 Å². The number of ether oxygens (including phenoxy) is 1. The number of nitrogen functional groups attached to an aromatic ring is 1. The van der Waals surface area contributed by atoms with E-state index in [0.29, 0.717) is 31.0 Å². The maximum Gasteiger partial charge on any atom is 0.218 e. The molecule has 18 heavy (non-hydrogen) atoms. The second kappa shape index (κ2) is 5.26. The van der Waals surface area contributed by atoms with E-state index in [-0.39, 0.29) is 11.8 Å². The standard InChI is InChI=1S/C12H18N2O3S/c1-10-8-17-6-5-14(10)18(15,16)9-11-3-2-4-12(13)7-11/h2-4,7,10H,5-6,8-9,13H2,1H3/t10-/m1/s1. The summed E-state index contributed by atoms with van der Waals surface area (Å²) in [6.07, 6.45) is 0. The van der Waals surface area contributed by atoms with Crippen molar-refractivity contribution in [2.75, 3.05) is 25.5 Å². The summed E-state index contributed by atoms with van der Waals surface area (Å²) in [6.45, 7) is 3.19. The largest absolute Gasteiger partial charge is 0.399 e. The van der Waals surface area contributed by atoms with Crippen LogP contribution < -0.4 is 5.73 Å². The molecular formula is C12H18N2O3S. The van der Waals surface area contributed by atoms with Crippen LogP contribution in [0.2, 0.25) is 0 Å². The lowest BCUT2D eigenvalue weighted by atomic mass is 10.2. The van der Waals surface area contributed by atoms with Gasteiger partial charge in [-0.3, -0.25) is 0 Å². The number of hydrogen-bond acceptors (Lipinski definition) is 4. The van der Waals surface area contributed by atoms with Crippen LogP contribution in [0, 0.1) is 0 Å². The van der Waals surface area contributed by atoms with Crippen molar-refractivity contribution in [3.05, 3.63) is 29.8 Å². The second-order valence-corrected chi connectivity index (χ2v) is 6.46. The Morgan fingerprint density at radius 1 is 1.50 bits per heavy atom. The summed E-state index contributed by atoms with van der Waals surface area (Å²) >= 11 is 0. The molecule has 100 valence electrons. The smallest absolute Gasteiger partial charge is 0.218 e. The summed E-state index contributed by atoms with van der Waals surface area (Å²) < 4.78 is 31.4. The van der Waals surface area contributed by atoms with Crippen molar-refractivity contribution in [2.45, 2.75) is 18.7 Å². The third kappa shape index (κ3) is 3.01. The quantitative estimate of drug-likeness (QED) is 0.825. The number of benzene rings is 1. The van der Waals surface area contributed by atoms with E-state index in [4.69, 9.17) is 10.5 Å². The maximum absolute atomic E-state index is 12.3. The SMILES string of the molecule is C[C@@H]1COCCN1S(=O)(=O)Cc1cccc(N)c1. The van der Waals surface area contributed by atoms with Crippen LogP contribution in [0.1, 0.15) is 12.5 Å². The molecule has 1 aliphatic heterocycles. The molecule has 0 saturated carbocycles. The summed E-state index contributed by atoms with van der Waals surface area (Å²) in [5.74, 6) is -0.0115. The fourth-order valence-corrected chi connectivity index (χ4v) is 3.83. The van der Waals surface area contributed by atoms with Gasteiger partial charge in [-0.15, -0.1) is 0 Å². The van der Waals surface area contributed by atoms with Crippen LogP contribution in [0.5, 0.6) is 0 Å². The van der Waals surface area contributed by atoms with Gasteiger partial charge in [0.1, 0.15) is 0 Å². The third-order valence-electron chi connectivity index (χ3n) is 2.96. The van der Waals surface area contributed by atoms with Crippen molar-refractivity contribution in [3.8, 4) is 0 Å². The van der Waals surface area contributed by atoms with Gasteiger partial charge >= 0.3 is 0 Å². The van der Waals surface area contributed by atoms with Gasteiger partial charge in [-0.25, -0.2) is 8.42 Å². The molecule has 0 aromatic heterocycles. The molecule has 1 heterocycles. The molecule has 0 radical (unpaired) electrons. The molecule has 1 aromatic carbocycles. The van der Waals surface area contributed by atoms with Crippen LogP contribution in [0.4, 0.5) is 5.69 Å². The van der Waals surface area contributed by atoms with Crippen molar-refractivity contribution >= 4 is 15.7 Å². The first-order chi connectivity index (χ1) is 8.49. The molecule has 1 aromatic rings. The molecule has 1 aliphatic rings.